The van der Waals surface area contributed by atoms with Crippen molar-refractivity contribution in [2.75, 3.05) is 45.2 Å². The van der Waals surface area contributed by atoms with E-state index in [1.54, 1.807) is 7.11 Å². The van der Waals surface area contributed by atoms with Gasteiger partial charge in [0.2, 0.25) is 0 Å². The molecule has 2 aromatic rings. The number of carbonyl (C=O) groups is 2. The molecule has 1 aliphatic rings. The van der Waals surface area contributed by atoms with Gasteiger partial charge in [0.25, 0.3) is 0 Å². The molecular weight excluding hydrogens is 498 g/mol. The highest BCUT2D eigenvalue weighted by Crippen LogP contribution is 2.20. The molecule has 3 rings (SSSR count). The molecule has 1 unspecified atom stereocenters. The zero-order chi connectivity index (χ0) is 27.3. The molecule has 0 spiro atoms. The number of ether oxygens (including phenoxy) is 2. The van der Waals surface area contributed by atoms with Crippen LogP contribution < -0.4 is 10.6 Å². The number of unbranched alkanes of at least 4 members (excludes halogenated alkanes) is 1. The Morgan fingerprint density at radius 3 is 2.68 bits per heavy atom. The highest BCUT2D eigenvalue weighted by Gasteiger charge is 2.22. The van der Waals surface area contributed by atoms with Gasteiger partial charge in [-0.3, -0.25) is 0 Å². The van der Waals surface area contributed by atoms with Gasteiger partial charge in [0, 0.05) is 32.4 Å². The number of anilines is 1. The van der Waals surface area contributed by atoms with Gasteiger partial charge in [-0.1, -0.05) is 12.1 Å². The fourth-order valence-corrected chi connectivity index (χ4v) is 4.27. The smallest absolute Gasteiger partial charge is 0.408 e. The lowest BCUT2D eigenvalue weighted by molar-refractivity contribution is -0.139. The normalized spacial score (nSPS) is 13.5. The van der Waals surface area contributed by atoms with Crippen molar-refractivity contribution in [1.29, 1.82) is 0 Å². The summed E-state index contributed by atoms with van der Waals surface area (Å²) in [5, 5.41) is 15.2. The highest BCUT2D eigenvalue weighted by molar-refractivity contribution is 5.79. The van der Waals surface area contributed by atoms with Gasteiger partial charge in [0.1, 0.15) is 30.1 Å². The van der Waals surface area contributed by atoms with Crippen molar-refractivity contribution in [3.8, 4) is 0 Å². The second-order valence-electron chi connectivity index (χ2n) is 9.23. The Hall–Kier alpha value is -3.31. The molecule has 0 radical (unpaired) electrons. The maximum absolute atomic E-state index is 13.7. The van der Waals surface area contributed by atoms with Crippen molar-refractivity contribution < 1.29 is 33.0 Å². The van der Waals surface area contributed by atoms with Crippen LogP contribution in [0.25, 0.3) is 0 Å². The molecule has 0 fully saturated rings. The summed E-state index contributed by atoms with van der Waals surface area (Å²) in [4.78, 5) is 30.7. The Morgan fingerprint density at radius 1 is 1.16 bits per heavy atom. The molecule has 3 N–H and O–H groups in total. The van der Waals surface area contributed by atoms with Gasteiger partial charge < -0.3 is 30.1 Å². The number of rotatable bonds is 15. The summed E-state index contributed by atoms with van der Waals surface area (Å²) in [6, 6.07) is 6.31. The number of nitrogens with zero attached hydrogens (tertiary/aromatic N) is 2. The number of alkyl carbamates (subject to hydrolysis) is 1. The van der Waals surface area contributed by atoms with Gasteiger partial charge in [0.15, 0.2) is 0 Å². The predicted octanol–water partition coefficient (Wildman–Crippen LogP) is 3.76. The first-order valence-electron chi connectivity index (χ1n) is 12.9. The molecule has 0 aliphatic carbocycles. The standard InChI is InChI=1S/C27H36F2N4O5/c1-37-17-16-33(14-3-2-7-20-11-10-19-6-5-13-30-25(19)31-20)15-12-24(26(34)35)32-27(36)38-18-21-22(28)8-4-9-23(21)29/h4,8-11,24H,2-3,5-7,12-18H2,1H3,(H,30,31)(H,32,36)(H,34,35). The molecule has 0 saturated heterocycles. The summed E-state index contributed by atoms with van der Waals surface area (Å²) in [5.41, 5.74) is 1.91. The second kappa shape index (κ2) is 15.2. The molecule has 1 aromatic heterocycles. The third kappa shape index (κ3) is 9.21. The number of methoxy groups -OCH3 is 1. The summed E-state index contributed by atoms with van der Waals surface area (Å²) in [6.07, 6.45) is 3.90. The molecule has 0 bridgehead atoms. The highest BCUT2D eigenvalue weighted by atomic mass is 19.1. The van der Waals surface area contributed by atoms with E-state index in [-0.39, 0.29) is 6.42 Å². The summed E-state index contributed by atoms with van der Waals surface area (Å²) >= 11 is 0. The fourth-order valence-electron chi connectivity index (χ4n) is 4.27. The number of carboxylic acids is 1. The van der Waals surface area contributed by atoms with Gasteiger partial charge >= 0.3 is 12.1 Å². The maximum atomic E-state index is 13.7. The average molecular weight is 535 g/mol. The summed E-state index contributed by atoms with van der Waals surface area (Å²) in [6.45, 7) is 2.54. The van der Waals surface area contributed by atoms with Crippen LogP contribution in [0.1, 0.15) is 42.5 Å². The van der Waals surface area contributed by atoms with Crippen LogP contribution in [0.5, 0.6) is 0 Å². The number of halogens is 2. The lowest BCUT2D eigenvalue weighted by Crippen LogP contribution is -2.43. The maximum Gasteiger partial charge on any atom is 0.408 e. The molecular formula is C27H36F2N4O5. The van der Waals surface area contributed by atoms with E-state index in [0.717, 1.165) is 68.8 Å². The molecule has 1 amide bonds. The van der Waals surface area contributed by atoms with Crippen molar-refractivity contribution in [3.63, 3.8) is 0 Å². The Morgan fingerprint density at radius 2 is 1.95 bits per heavy atom. The number of benzene rings is 1. The second-order valence-corrected chi connectivity index (χ2v) is 9.23. The zero-order valence-electron chi connectivity index (χ0n) is 21.7. The number of aryl methyl sites for hydroxylation is 2. The first-order chi connectivity index (χ1) is 18.4. The van der Waals surface area contributed by atoms with E-state index in [1.165, 1.54) is 11.6 Å². The lowest BCUT2D eigenvalue weighted by Gasteiger charge is -2.24. The lowest BCUT2D eigenvalue weighted by atomic mass is 10.1. The number of aromatic nitrogens is 1. The van der Waals surface area contributed by atoms with Gasteiger partial charge in [-0.2, -0.15) is 0 Å². The Labute approximate surface area is 221 Å². The number of hydrogen-bond donors (Lipinski definition) is 3. The number of carboxylic acid groups (broad SMARTS) is 1. The van der Waals surface area contributed by atoms with Crippen LogP contribution in [0.2, 0.25) is 0 Å². The zero-order valence-corrected chi connectivity index (χ0v) is 21.7. The van der Waals surface area contributed by atoms with Crippen LogP contribution >= 0.6 is 0 Å². The quantitative estimate of drug-likeness (QED) is 0.296. The number of hydrogen-bond acceptors (Lipinski definition) is 7. The van der Waals surface area contributed by atoms with Crippen LogP contribution in [0.3, 0.4) is 0 Å². The third-order valence-electron chi connectivity index (χ3n) is 6.45. The van der Waals surface area contributed by atoms with Crippen molar-refractivity contribution in [1.82, 2.24) is 15.2 Å². The number of fused-ring (bicyclic) bond motifs is 1. The third-order valence-corrected chi connectivity index (χ3v) is 6.45. The average Bonchev–Trinajstić information content (AvgIpc) is 2.90. The molecule has 1 aromatic carbocycles. The van der Waals surface area contributed by atoms with E-state index in [2.05, 4.69) is 27.7 Å². The van der Waals surface area contributed by atoms with Crippen molar-refractivity contribution in [2.45, 2.75) is 51.2 Å². The van der Waals surface area contributed by atoms with Crippen LogP contribution in [0, 0.1) is 11.6 Å². The summed E-state index contributed by atoms with van der Waals surface area (Å²) in [7, 11) is 1.60. The topological polar surface area (TPSA) is 113 Å². The van der Waals surface area contributed by atoms with E-state index >= 15 is 0 Å². The molecule has 208 valence electrons. The van der Waals surface area contributed by atoms with Crippen LogP contribution in [-0.2, 0) is 33.7 Å². The van der Waals surface area contributed by atoms with Gasteiger partial charge in [-0.15, -0.1) is 0 Å². The number of pyridine rings is 1. The van der Waals surface area contributed by atoms with E-state index in [1.807, 2.05) is 0 Å². The SMILES string of the molecule is COCCN(CCCCc1ccc2c(n1)NCCC2)CCC(NC(=O)OCc1c(F)cccc1F)C(=O)O. The molecule has 9 nitrogen and oxygen atoms in total. The number of aliphatic carboxylic acids is 1. The molecule has 1 aliphatic heterocycles. The van der Waals surface area contributed by atoms with Gasteiger partial charge in [-0.25, -0.2) is 23.4 Å². The van der Waals surface area contributed by atoms with Crippen molar-refractivity contribution in [2.24, 2.45) is 0 Å². The first kappa shape index (κ1) is 29.2. The van der Waals surface area contributed by atoms with Crippen LogP contribution in [0.4, 0.5) is 19.4 Å². The fraction of sp³-hybridized carbons (Fsp3) is 0.519. The summed E-state index contributed by atoms with van der Waals surface area (Å²) < 4.78 is 37.5. The number of nitrogens with one attached hydrogen (secondary N) is 2. The molecule has 2 heterocycles. The molecule has 1 atom stereocenters. The van der Waals surface area contributed by atoms with E-state index in [9.17, 15) is 23.5 Å². The minimum atomic E-state index is -1.22. The van der Waals surface area contributed by atoms with Crippen molar-refractivity contribution >= 4 is 17.9 Å². The molecule has 11 heteroatoms. The van der Waals surface area contributed by atoms with Gasteiger partial charge in [0.05, 0.1) is 12.2 Å². The first-order valence-corrected chi connectivity index (χ1v) is 12.9. The predicted molar refractivity (Wildman–Crippen MR) is 138 cm³/mol. The largest absolute Gasteiger partial charge is 0.480 e. The van der Waals surface area contributed by atoms with Crippen molar-refractivity contribution in [3.05, 3.63) is 58.8 Å². The Balaban J connectivity index is 1.44. The minimum Gasteiger partial charge on any atom is -0.480 e. The van der Waals surface area contributed by atoms with E-state index < -0.39 is 41.9 Å². The Kier molecular flexibility index (Phi) is 11.7. The molecule has 38 heavy (non-hydrogen) atoms. The molecule has 0 saturated carbocycles. The number of amides is 1. The monoisotopic (exact) mass is 534 g/mol. The van der Waals surface area contributed by atoms with Crippen LogP contribution in [0.15, 0.2) is 30.3 Å². The number of carbonyl (C=O) groups excluding carboxylic acids is 1. The Bertz CT molecular complexity index is 1050. The minimum absolute atomic E-state index is 0.125. The summed E-state index contributed by atoms with van der Waals surface area (Å²) in [5.74, 6) is -1.93. The van der Waals surface area contributed by atoms with E-state index in [0.29, 0.717) is 19.7 Å². The van der Waals surface area contributed by atoms with Gasteiger partial charge in [-0.05, 0) is 68.8 Å². The van der Waals surface area contributed by atoms with Crippen LogP contribution in [-0.4, -0.2) is 73.0 Å². The van der Waals surface area contributed by atoms with E-state index in [4.69, 9.17) is 14.5 Å².